The first kappa shape index (κ1) is 17.8. The van der Waals surface area contributed by atoms with Gasteiger partial charge in [-0.1, -0.05) is 0 Å². The minimum Gasteiger partial charge on any atom is -0.467 e. The van der Waals surface area contributed by atoms with Crippen molar-refractivity contribution in [3.8, 4) is 0 Å². The molecule has 2 heterocycles. The van der Waals surface area contributed by atoms with Crippen molar-refractivity contribution in [1.82, 2.24) is 15.1 Å². The van der Waals surface area contributed by atoms with E-state index in [0.29, 0.717) is 19.6 Å². The van der Waals surface area contributed by atoms with E-state index in [1.807, 2.05) is 19.1 Å². The van der Waals surface area contributed by atoms with Crippen molar-refractivity contribution >= 4 is 11.9 Å². The summed E-state index contributed by atoms with van der Waals surface area (Å²) >= 11 is 0. The van der Waals surface area contributed by atoms with E-state index in [2.05, 4.69) is 5.32 Å². The molecule has 1 saturated carbocycles. The van der Waals surface area contributed by atoms with E-state index in [9.17, 15) is 9.59 Å². The van der Waals surface area contributed by atoms with E-state index in [4.69, 9.17) is 9.15 Å². The van der Waals surface area contributed by atoms with Gasteiger partial charge >= 0.3 is 6.03 Å². The summed E-state index contributed by atoms with van der Waals surface area (Å²) in [6.45, 7) is 4.23. The number of urea groups is 1. The fourth-order valence-corrected chi connectivity index (χ4v) is 3.13. The highest BCUT2D eigenvalue weighted by molar-refractivity contribution is 5.84. The zero-order valence-corrected chi connectivity index (χ0v) is 14.8. The third kappa shape index (κ3) is 4.98. The molecule has 1 N–H and O–H groups in total. The Morgan fingerprint density at radius 2 is 2.16 bits per heavy atom. The van der Waals surface area contributed by atoms with Gasteiger partial charge in [-0.2, -0.15) is 0 Å². The second kappa shape index (κ2) is 8.38. The first-order valence-corrected chi connectivity index (χ1v) is 9.13. The molecule has 0 spiro atoms. The maximum absolute atomic E-state index is 12.9. The largest absolute Gasteiger partial charge is 0.467 e. The van der Waals surface area contributed by atoms with Gasteiger partial charge in [0.1, 0.15) is 12.3 Å². The SMILES string of the molecule is CCNC(=O)N(CC(=O)N(Cc1ccco1)C[C@@H]1CCCO1)C1CC1. The zero-order chi connectivity index (χ0) is 17.6. The third-order valence-electron chi connectivity index (χ3n) is 4.61. The minimum absolute atomic E-state index is 0.0648. The molecule has 1 atom stereocenters. The molecule has 0 radical (unpaired) electrons. The Morgan fingerprint density at radius 1 is 1.32 bits per heavy atom. The Kier molecular flexibility index (Phi) is 5.96. The molecule has 1 aliphatic carbocycles. The van der Waals surface area contributed by atoms with Gasteiger partial charge in [0.2, 0.25) is 5.91 Å². The van der Waals surface area contributed by atoms with Crippen LogP contribution in [-0.4, -0.2) is 60.1 Å². The molecule has 1 aliphatic heterocycles. The molecule has 3 rings (SSSR count). The number of nitrogens with one attached hydrogen (secondary N) is 1. The standard InChI is InChI=1S/C18H27N3O4/c1-2-19-18(23)21(14-7-8-14)13-17(22)20(11-15-5-3-9-24-15)12-16-6-4-10-25-16/h3,5,9,14,16H,2,4,6-8,10-13H2,1H3,(H,19,23)/t16-/m0/s1. The van der Waals surface area contributed by atoms with Crippen LogP contribution in [0.1, 0.15) is 38.4 Å². The topological polar surface area (TPSA) is 75.0 Å². The molecule has 0 bridgehead atoms. The van der Waals surface area contributed by atoms with Crippen LogP contribution < -0.4 is 5.32 Å². The van der Waals surface area contributed by atoms with Crippen LogP contribution in [0.15, 0.2) is 22.8 Å². The highest BCUT2D eigenvalue weighted by Crippen LogP contribution is 2.27. The van der Waals surface area contributed by atoms with Crippen molar-refractivity contribution in [2.45, 2.75) is 51.3 Å². The number of rotatable bonds is 8. The molecular weight excluding hydrogens is 322 g/mol. The lowest BCUT2D eigenvalue weighted by Crippen LogP contribution is -2.48. The lowest BCUT2D eigenvalue weighted by molar-refractivity contribution is -0.134. The van der Waals surface area contributed by atoms with Crippen LogP contribution in [0, 0.1) is 0 Å². The van der Waals surface area contributed by atoms with Gasteiger partial charge in [0.15, 0.2) is 0 Å². The molecule has 1 aromatic rings. The summed E-state index contributed by atoms with van der Waals surface area (Å²) in [6, 6.07) is 3.70. The Hall–Kier alpha value is -2.02. The Morgan fingerprint density at radius 3 is 2.76 bits per heavy atom. The number of hydrogen-bond acceptors (Lipinski definition) is 4. The van der Waals surface area contributed by atoms with Crippen LogP contribution in [0.5, 0.6) is 0 Å². The van der Waals surface area contributed by atoms with E-state index in [-0.39, 0.29) is 30.6 Å². The molecule has 1 aromatic heterocycles. The lowest BCUT2D eigenvalue weighted by atomic mass is 10.2. The molecule has 1 saturated heterocycles. The van der Waals surface area contributed by atoms with Crippen LogP contribution in [-0.2, 0) is 16.1 Å². The number of nitrogens with zero attached hydrogens (tertiary/aromatic N) is 2. The fourth-order valence-electron chi connectivity index (χ4n) is 3.13. The predicted molar refractivity (Wildman–Crippen MR) is 91.9 cm³/mol. The van der Waals surface area contributed by atoms with Crippen molar-refractivity contribution in [3.05, 3.63) is 24.2 Å². The number of amides is 3. The van der Waals surface area contributed by atoms with Crippen molar-refractivity contribution < 1.29 is 18.7 Å². The Bertz CT molecular complexity index is 565. The van der Waals surface area contributed by atoms with Gasteiger partial charge in [-0.3, -0.25) is 4.79 Å². The predicted octanol–water partition coefficient (Wildman–Crippen LogP) is 1.98. The molecule has 7 nitrogen and oxygen atoms in total. The molecule has 2 aliphatic rings. The van der Waals surface area contributed by atoms with Crippen LogP contribution in [0.3, 0.4) is 0 Å². The third-order valence-corrected chi connectivity index (χ3v) is 4.61. The van der Waals surface area contributed by atoms with Gasteiger partial charge in [0.05, 0.1) is 18.9 Å². The number of ether oxygens (including phenoxy) is 1. The second-order valence-electron chi connectivity index (χ2n) is 6.68. The smallest absolute Gasteiger partial charge is 0.318 e. The van der Waals surface area contributed by atoms with Crippen LogP contribution in [0.2, 0.25) is 0 Å². The van der Waals surface area contributed by atoms with Gasteiger partial charge in [-0.05, 0) is 44.7 Å². The van der Waals surface area contributed by atoms with E-state index in [1.165, 1.54) is 0 Å². The summed E-state index contributed by atoms with van der Waals surface area (Å²) in [7, 11) is 0. The average Bonchev–Trinajstić information content (AvgIpc) is 3.07. The minimum atomic E-state index is -0.159. The van der Waals surface area contributed by atoms with Gasteiger partial charge in [0.25, 0.3) is 0 Å². The van der Waals surface area contributed by atoms with E-state index in [1.54, 1.807) is 16.1 Å². The summed E-state index contributed by atoms with van der Waals surface area (Å²) < 4.78 is 11.1. The molecule has 2 fully saturated rings. The summed E-state index contributed by atoms with van der Waals surface area (Å²) in [6.07, 6.45) is 5.60. The quantitative estimate of drug-likeness (QED) is 0.779. The number of hydrogen-bond donors (Lipinski definition) is 1. The van der Waals surface area contributed by atoms with E-state index >= 15 is 0 Å². The number of furan rings is 1. The molecule has 25 heavy (non-hydrogen) atoms. The van der Waals surface area contributed by atoms with Crippen molar-refractivity contribution in [2.75, 3.05) is 26.2 Å². The molecule has 0 unspecified atom stereocenters. The van der Waals surface area contributed by atoms with E-state index in [0.717, 1.165) is 38.1 Å². The van der Waals surface area contributed by atoms with Crippen LogP contribution in [0.25, 0.3) is 0 Å². The first-order chi connectivity index (χ1) is 12.2. The van der Waals surface area contributed by atoms with Gasteiger partial charge in [-0.25, -0.2) is 4.79 Å². The van der Waals surface area contributed by atoms with Gasteiger partial charge in [-0.15, -0.1) is 0 Å². The van der Waals surface area contributed by atoms with Crippen molar-refractivity contribution in [1.29, 1.82) is 0 Å². The second-order valence-corrected chi connectivity index (χ2v) is 6.68. The Balaban J connectivity index is 1.64. The van der Waals surface area contributed by atoms with Gasteiger partial charge in [0, 0.05) is 25.7 Å². The Labute approximate surface area is 148 Å². The van der Waals surface area contributed by atoms with Crippen molar-refractivity contribution in [2.24, 2.45) is 0 Å². The summed E-state index contributed by atoms with van der Waals surface area (Å²) in [5, 5.41) is 2.80. The van der Waals surface area contributed by atoms with Crippen LogP contribution in [0.4, 0.5) is 4.79 Å². The van der Waals surface area contributed by atoms with Crippen molar-refractivity contribution in [3.63, 3.8) is 0 Å². The molecule has 138 valence electrons. The average molecular weight is 349 g/mol. The monoisotopic (exact) mass is 349 g/mol. The molecule has 7 heteroatoms. The number of carbonyl (C=O) groups is 2. The molecule has 0 aromatic carbocycles. The van der Waals surface area contributed by atoms with E-state index < -0.39 is 0 Å². The molecule has 3 amide bonds. The maximum atomic E-state index is 12.9. The fraction of sp³-hybridized carbons (Fsp3) is 0.667. The normalized spacial score (nSPS) is 19.6. The first-order valence-electron chi connectivity index (χ1n) is 9.13. The zero-order valence-electron chi connectivity index (χ0n) is 14.8. The highest BCUT2D eigenvalue weighted by Gasteiger charge is 2.35. The van der Waals surface area contributed by atoms with Crippen LogP contribution >= 0.6 is 0 Å². The highest BCUT2D eigenvalue weighted by atomic mass is 16.5. The summed E-state index contributed by atoms with van der Waals surface area (Å²) in [4.78, 5) is 28.6. The summed E-state index contributed by atoms with van der Waals surface area (Å²) in [5.74, 6) is 0.674. The lowest BCUT2D eigenvalue weighted by Gasteiger charge is -2.28. The maximum Gasteiger partial charge on any atom is 0.318 e. The summed E-state index contributed by atoms with van der Waals surface area (Å²) in [5.41, 5.74) is 0. The van der Waals surface area contributed by atoms with Gasteiger partial charge < -0.3 is 24.3 Å². The molecular formula is C18H27N3O4. The number of carbonyl (C=O) groups excluding carboxylic acids is 2.